The summed E-state index contributed by atoms with van der Waals surface area (Å²) in [5.74, 6) is 0. The molecule has 0 radical (unpaired) electrons. The molecular formula is C7H4BrClN2. The Hall–Kier alpha value is -0.590. The van der Waals surface area contributed by atoms with Gasteiger partial charge in [-0.3, -0.25) is 4.98 Å². The zero-order valence-electron chi connectivity index (χ0n) is 5.51. The molecule has 1 heterocycles. The van der Waals surface area contributed by atoms with Crippen LogP contribution in [0.4, 0.5) is 0 Å². The Morgan fingerprint density at radius 3 is 3.00 bits per heavy atom. The smallest absolute Gasteiger partial charge is 0.0734 e. The molecule has 56 valence electrons. The quantitative estimate of drug-likeness (QED) is 0.745. The Kier molecular flexibility index (Phi) is 2.86. The molecule has 0 aliphatic carbocycles. The van der Waals surface area contributed by atoms with Gasteiger partial charge in [-0.05, 0) is 15.9 Å². The van der Waals surface area contributed by atoms with Gasteiger partial charge in [0.1, 0.15) is 0 Å². The van der Waals surface area contributed by atoms with E-state index in [1.807, 2.05) is 6.07 Å². The summed E-state index contributed by atoms with van der Waals surface area (Å²) in [6, 6.07) is 2.02. The molecule has 1 aromatic rings. The molecular weight excluding hydrogens is 227 g/mol. The van der Waals surface area contributed by atoms with Crippen molar-refractivity contribution in [2.75, 3.05) is 0 Å². The fraction of sp³-hybridized carbons (Fsp3) is 0.143. The summed E-state index contributed by atoms with van der Waals surface area (Å²) in [7, 11) is 0. The highest BCUT2D eigenvalue weighted by Crippen LogP contribution is 2.24. The lowest BCUT2D eigenvalue weighted by Gasteiger charge is -1.98. The van der Waals surface area contributed by atoms with Gasteiger partial charge in [0, 0.05) is 22.4 Å². The van der Waals surface area contributed by atoms with Gasteiger partial charge in [0.05, 0.1) is 17.5 Å². The van der Waals surface area contributed by atoms with Crippen LogP contribution in [-0.2, 0) is 6.42 Å². The number of nitrogens with zero attached hydrogens (tertiary/aromatic N) is 2. The van der Waals surface area contributed by atoms with Gasteiger partial charge in [-0.1, -0.05) is 11.6 Å². The molecule has 0 atom stereocenters. The summed E-state index contributed by atoms with van der Waals surface area (Å²) in [5, 5.41) is 8.93. The molecule has 4 heteroatoms. The maximum absolute atomic E-state index is 8.39. The van der Waals surface area contributed by atoms with Crippen LogP contribution in [0.25, 0.3) is 0 Å². The number of hydrogen-bond donors (Lipinski definition) is 0. The van der Waals surface area contributed by atoms with Gasteiger partial charge < -0.3 is 0 Å². The lowest BCUT2D eigenvalue weighted by molar-refractivity contribution is 1.17. The van der Waals surface area contributed by atoms with Gasteiger partial charge in [0.25, 0.3) is 0 Å². The normalized spacial score (nSPS) is 9.18. The van der Waals surface area contributed by atoms with Gasteiger partial charge in [-0.15, -0.1) is 0 Å². The summed E-state index contributed by atoms with van der Waals surface area (Å²) >= 11 is 8.99. The maximum atomic E-state index is 8.39. The first kappa shape index (κ1) is 8.51. The number of rotatable bonds is 1. The van der Waals surface area contributed by atoms with Crippen LogP contribution in [-0.4, -0.2) is 4.98 Å². The minimum Gasteiger partial charge on any atom is -0.263 e. The summed E-state index contributed by atoms with van der Waals surface area (Å²) in [4.78, 5) is 3.85. The summed E-state index contributed by atoms with van der Waals surface area (Å²) in [6.07, 6.45) is 3.49. The number of halogens is 2. The van der Waals surface area contributed by atoms with Crippen molar-refractivity contribution in [2.24, 2.45) is 0 Å². The van der Waals surface area contributed by atoms with Gasteiger partial charge in [0.15, 0.2) is 0 Å². The maximum Gasteiger partial charge on any atom is 0.0734 e. The van der Waals surface area contributed by atoms with Crippen LogP contribution >= 0.6 is 27.5 Å². The van der Waals surface area contributed by atoms with Crippen LogP contribution in [0, 0.1) is 11.3 Å². The first-order chi connectivity index (χ1) is 5.25. The van der Waals surface area contributed by atoms with Crippen molar-refractivity contribution in [3.8, 4) is 6.07 Å². The number of nitriles is 1. The first-order valence-corrected chi connectivity index (χ1v) is 4.07. The van der Waals surface area contributed by atoms with Crippen molar-refractivity contribution in [1.29, 1.82) is 5.26 Å². The Labute approximate surface area is 77.9 Å². The van der Waals surface area contributed by atoms with E-state index in [-0.39, 0.29) is 0 Å². The van der Waals surface area contributed by atoms with Gasteiger partial charge >= 0.3 is 0 Å². The lowest BCUT2D eigenvalue weighted by atomic mass is 10.2. The van der Waals surface area contributed by atoms with Crippen molar-refractivity contribution in [3.05, 3.63) is 27.5 Å². The fourth-order valence-corrected chi connectivity index (χ4v) is 1.19. The van der Waals surface area contributed by atoms with Gasteiger partial charge in [0.2, 0.25) is 0 Å². The second kappa shape index (κ2) is 3.70. The van der Waals surface area contributed by atoms with E-state index in [0.29, 0.717) is 11.4 Å². The molecule has 11 heavy (non-hydrogen) atoms. The molecule has 0 aliphatic heterocycles. The van der Waals surface area contributed by atoms with Crippen molar-refractivity contribution >= 4 is 27.5 Å². The minimum atomic E-state index is 0.328. The molecule has 0 aromatic carbocycles. The lowest BCUT2D eigenvalue weighted by Crippen LogP contribution is -1.86. The molecule has 0 saturated heterocycles. The molecule has 0 aliphatic rings. The number of aromatic nitrogens is 1. The Bertz CT molecular complexity index is 306. The monoisotopic (exact) mass is 230 g/mol. The predicted octanol–water partition coefficient (Wildman–Crippen LogP) is 2.56. The molecule has 2 nitrogen and oxygen atoms in total. The van der Waals surface area contributed by atoms with Gasteiger partial charge in [-0.25, -0.2) is 0 Å². The van der Waals surface area contributed by atoms with Crippen LogP contribution in [0.1, 0.15) is 5.56 Å². The molecule has 0 bridgehead atoms. The van der Waals surface area contributed by atoms with E-state index in [9.17, 15) is 0 Å². The molecule has 1 aromatic heterocycles. The van der Waals surface area contributed by atoms with Crippen molar-refractivity contribution in [2.45, 2.75) is 6.42 Å². The van der Waals surface area contributed by atoms with E-state index in [4.69, 9.17) is 16.9 Å². The molecule has 0 unspecified atom stereocenters. The standard InChI is InChI=1S/C7H4BrClN2/c8-7-5(1-2-10)3-11-4-6(7)9/h3-4H,1H2. The third-order valence-electron chi connectivity index (χ3n) is 1.18. The summed E-state index contributed by atoms with van der Waals surface area (Å²) in [5.41, 5.74) is 0.819. The van der Waals surface area contributed by atoms with Gasteiger partial charge in [-0.2, -0.15) is 5.26 Å². The van der Waals surface area contributed by atoms with Crippen LogP contribution in [0.2, 0.25) is 5.02 Å². The van der Waals surface area contributed by atoms with E-state index < -0.39 is 0 Å². The average molecular weight is 231 g/mol. The van der Waals surface area contributed by atoms with E-state index >= 15 is 0 Å². The topological polar surface area (TPSA) is 36.7 Å². The molecule has 0 amide bonds. The molecule has 0 saturated carbocycles. The average Bonchev–Trinajstić information content (AvgIpc) is 1.99. The van der Waals surface area contributed by atoms with Crippen molar-refractivity contribution in [1.82, 2.24) is 4.98 Å². The number of pyridine rings is 1. The third-order valence-corrected chi connectivity index (χ3v) is 2.63. The van der Waals surface area contributed by atoms with Crippen molar-refractivity contribution < 1.29 is 0 Å². The second-order valence-electron chi connectivity index (χ2n) is 1.93. The van der Waals surface area contributed by atoms with Crippen LogP contribution in [0.3, 0.4) is 0 Å². The number of hydrogen-bond acceptors (Lipinski definition) is 2. The van der Waals surface area contributed by atoms with Crippen molar-refractivity contribution in [3.63, 3.8) is 0 Å². The molecule has 0 N–H and O–H groups in total. The summed E-state index contributed by atoms with van der Waals surface area (Å²) in [6.45, 7) is 0. The van der Waals surface area contributed by atoms with E-state index in [1.54, 1.807) is 6.20 Å². The fourth-order valence-electron chi connectivity index (χ4n) is 0.668. The highest BCUT2D eigenvalue weighted by Gasteiger charge is 2.02. The van der Waals surface area contributed by atoms with E-state index in [2.05, 4.69) is 20.9 Å². The summed E-state index contributed by atoms with van der Waals surface area (Å²) < 4.78 is 0.760. The Morgan fingerprint density at radius 1 is 1.64 bits per heavy atom. The van der Waals surface area contributed by atoms with E-state index in [0.717, 1.165) is 10.0 Å². The van der Waals surface area contributed by atoms with Crippen LogP contribution in [0.5, 0.6) is 0 Å². The highest BCUT2D eigenvalue weighted by atomic mass is 79.9. The highest BCUT2D eigenvalue weighted by molar-refractivity contribution is 9.10. The van der Waals surface area contributed by atoms with E-state index in [1.165, 1.54) is 6.20 Å². The minimum absolute atomic E-state index is 0.328. The molecule has 0 fully saturated rings. The zero-order chi connectivity index (χ0) is 8.27. The second-order valence-corrected chi connectivity index (χ2v) is 3.13. The Morgan fingerprint density at radius 2 is 2.36 bits per heavy atom. The van der Waals surface area contributed by atoms with Crippen LogP contribution in [0.15, 0.2) is 16.9 Å². The largest absolute Gasteiger partial charge is 0.263 e. The Balaban J connectivity index is 3.08. The molecule has 1 rings (SSSR count). The first-order valence-electron chi connectivity index (χ1n) is 2.90. The predicted molar refractivity (Wildman–Crippen MR) is 46.3 cm³/mol. The molecule has 0 spiro atoms. The SMILES string of the molecule is N#CCc1cncc(Cl)c1Br. The zero-order valence-corrected chi connectivity index (χ0v) is 7.85. The van der Waals surface area contributed by atoms with Crippen LogP contribution < -0.4 is 0 Å². The third kappa shape index (κ3) is 1.92.